The highest BCUT2D eigenvalue weighted by atomic mass is 32.2. The molecule has 0 saturated carbocycles. The number of hydrogen-bond acceptors (Lipinski definition) is 3. The maximum Gasteiger partial charge on any atom is 0.243 e. The number of nitrogens with zero attached hydrogens (tertiary/aromatic N) is 1. The molecule has 0 amide bonds. The van der Waals surface area contributed by atoms with Crippen molar-refractivity contribution in [1.29, 1.82) is 0 Å². The van der Waals surface area contributed by atoms with E-state index in [9.17, 15) is 8.42 Å². The normalized spacial score (nSPS) is 25.9. The van der Waals surface area contributed by atoms with E-state index in [0.717, 1.165) is 38.8 Å². The van der Waals surface area contributed by atoms with Gasteiger partial charge in [0.05, 0.1) is 4.90 Å². The number of nitrogens with one attached hydrogen (secondary N) is 1. The molecule has 0 aromatic heterocycles. The van der Waals surface area contributed by atoms with Crippen molar-refractivity contribution < 1.29 is 8.42 Å². The first-order valence-corrected chi connectivity index (χ1v) is 8.91. The van der Waals surface area contributed by atoms with Crippen molar-refractivity contribution in [2.75, 3.05) is 19.6 Å². The first-order chi connectivity index (χ1) is 9.69. The van der Waals surface area contributed by atoms with Crippen LogP contribution in [0.5, 0.6) is 0 Å². The molecule has 2 aliphatic heterocycles. The van der Waals surface area contributed by atoms with Crippen molar-refractivity contribution in [3.8, 4) is 0 Å². The lowest BCUT2D eigenvalue weighted by atomic mass is 9.89. The summed E-state index contributed by atoms with van der Waals surface area (Å²) in [6.45, 7) is 2.70. The summed E-state index contributed by atoms with van der Waals surface area (Å²) in [7, 11) is -3.32. The summed E-state index contributed by atoms with van der Waals surface area (Å²) >= 11 is 0. The molecule has 1 aromatic rings. The van der Waals surface area contributed by atoms with Crippen molar-refractivity contribution in [1.82, 2.24) is 9.62 Å². The quantitative estimate of drug-likeness (QED) is 0.925. The Morgan fingerprint density at radius 3 is 2.45 bits per heavy atom. The van der Waals surface area contributed by atoms with Crippen LogP contribution in [0.25, 0.3) is 0 Å². The van der Waals surface area contributed by atoms with Crippen LogP contribution < -0.4 is 5.32 Å². The standard InChI is InChI=1S/C15H22N2O2S/c18-20(19,14-5-2-1-3-6-14)17-12-4-7-15(17)13-8-10-16-11-9-13/h1-3,5-6,13,15-16H,4,7-12H2. The average molecular weight is 294 g/mol. The highest BCUT2D eigenvalue weighted by Gasteiger charge is 2.39. The molecule has 0 aliphatic carbocycles. The smallest absolute Gasteiger partial charge is 0.243 e. The number of rotatable bonds is 3. The third kappa shape index (κ3) is 2.62. The van der Waals surface area contributed by atoms with Gasteiger partial charge < -0.3 is 5.32 Å². The minimum absolute atomic E-state index is 0.197. The molecular weight excluding hydrogens is 272 g/mol. The molecule has 2 fully saturated rings. The molecule has 3 rings (SSSR count). The van der Waals surface area contributed by atoms with Gasteiger partial charge in [-0.15, -0.1) is 0 Å². The van der Waals surface area contributed by atoms with E-state index in [-0.39, 0.29) is 6.04 Å². The van der Waals surface area contributed by atoms with E-state index in [1.165, 1.54) is 0 Å². The SMILES string of the molecule is O=S(=O)(c1ccccc1)N1CCCC1C1CCNCC1. The van der Waals surface area contributed by atoms with Crippen molar-refractivity contribution in [2.24, 2.45) is 5.92 Å². The van der Waals surface area contributed by atoms with Crippen molar-refractivity contribution in [2.45, 2.75) is 36.6 Å². The predicted octanol–water partition coefficient (Wildman–Crippen LogP) is 1.84. The summed E-state index contributed by atoms with van der Waals surface area (Å²) < 4.78 is 27.4. The molecule has 2 saturated heterocycles. The summed E-state index contributed by atoms with van der Waals surface area (Å²) in [4.78, 5) is 0.431. The third-order valence-corrected chi connectivity index (χ3v) is 6.46. The molecule has 1 N–H and O–H groups in total. The minimum atomic E-state index is -3.32. The van der Waals surface area contributed by atoms with Gasteiger partial charge in [-0.3, -0.25) is 0 Å². The maximum absolute atomic E-state index is 12.8. The minimum Gasteiger partial charge on any atom is -0.317 e. The van der Waals surface area contributed by atoms with Crippen LogP contribution in [-0.4, -0.2) is 38.4 Å². The van der Waals surface area contributed by atoms with E-state index in [2.05, 4.69) is 5.32 Å². The van der Waals surface area contributed by atoms with E-state index in [1.54, 1.807) is 28.6 Å². The predicted molar refractivity (Wildman–Crippen MR) is 78.9 cm³/mol. The lowest BCUT2D eigenvalue weighted by Crippen LogP contribution is -2.43. The summed E-state index contributed by atoms with van der Waals surface area (Å²) in [5.41, 5.74) is 0. The van der Waals surface area contributed by atoms with E-state index in [0.29, 0.717) is 17.4 Å². The monoisotopic (exact) mass is 294 g/mol. The second-order valence-corrected chi connectivity index (χ2v) is 7.62. The van der Waals surface area contributed by atoms with Gasteiger partial charge in [-0.05, 0) is 56.8 Å². The second kappa shape index (κ2) is 5.84. The zero-order valence-corrected chi connectivity index (χ0v) is 12.5. The third-order valence-electron chi connectivity index (χ3n) is 4.53. The number of piperidine rings is 1. The van der Waals surface area contributed by atoms with Gasteiger partial charge in [0.1, 0.15) is 0 Å². The molecule has 2 aliphatic rings. The van der Waals surface area contributed by atoms with Crippen LogP contribution in [-0.2, 0) is 10.0 Å². The Bertz CT molecular complexity index is 538. The van der Waals surface area contributed by atoms with Crippen LogP contribution in [0.3, 0.4) is 0 Å². The molecule has 0 radical (unpaired) electrons. The van der Waals surface area contributed by atoms with Gasteiger partial charge in [0.25, 0.3) is 0 Å². The topological polar surface area (TPSA) is 49.4 Å². The van der Waals surface area contributed by atoms with Gasteiger partial charge in [-0.2, -0.15) is 4.31 Å². The number of hydrogen-bond donors (Lipinski definition) is 1. The Kier molecular flexibility index (Phi) is 4.10. The Morgan fingerprint density at radius 1 is 1.05 bits per heavy atom. The maximum atomic E-state index is 12.8. The molecule has 110 valence electrons. The van der Waals surface area contributed by atoms with Crippen molar-refractivity contribution in [3.63, 3.8) is 0 Å². The Hall–Kier alpha value is -0.910. The molecule has 2 heterocycles. The Labute approximate surface area is 121 Å². The fourth-order valence-electron chi connectivity index (χ4n) is 3.49. The fourth-order valence-corrected chi connectivity index (χ4v) is 5.27. The lowest BCUT2D eigenvalue weighted by molar-refractivity contribution is 0.235. The van der Waals surface area contributed by atoms with Gasteiger partial charge in [0, 0.05) is 12.6 Å². The first-order valence-electron chi connectivity index (χ1n) is 7.47. The molecule has 1 aromatic carbocycles. The highest BCUT2D eigenvalue weighted by Crippen LogP contribution is 2.33. The molecule has 0 spiro atoms. The van der Waals surface area contributed by atoms with Crippen molar-refractivity contribution >= 4 is 10.0 Å². The first kappa shape index (κ1) is 14.0. The largest absolute Gasteiger partial charge is 0.317 e. The van der Waals surface area contributed by atoms with Gasteiger partial charge in [0.2, 0.25) is 10.0 Å². The van der Waals surface area contributed by atoms with E-state index >= 15 is 0 Å². The number of benzene rings is 1. The van der Waals surface area contributed by atoms with Crippen molar-refractivity contribution in [3.05, 3.63) is 30.3 Å². The average Bonchev–Trinajstić information content (AvgIpc) is 2.99. The molecule has 0 bridgehead atoms. The zero-order valence-electron chi connectivity index (χ0n) is 11.7. The summed E-state index contributed by atoms with van der Waals surface area (Å²) in [5.74, 6) is 0.511. The second-order valence-electron chi connectivity index (χ2n) is 5.73. The van der Waals surface area contributed by atoms with Gasteiger partial charge >= 0.3 is 0 Å². The lowest BCUT2D eigenvalue weighted by Gasteiger charge is -2.33. The molecule has 1 atom stereocenters. The van der Waals surface area contributed by atoms with E-state index in [1.807, 2.05) is 6.07 Å². The molecular formula is C15H22N2O2S. The van der Waals surface area contributed by atoms with Crippen LogP contribution in [0.1, 0.15) is 25.7 Å². The van der Waals surface area contributed by atoms with Gasteiger partial charge in [-0.1, -0.05) is 18.2 Å². The van der Waals surface area contributed by atoms with Crippen LogP contribution >= 0.6 is 0 Å². The zero-order chi connectivity index (χ0) is 14.0. The summed E-state index contributed by atoms with van der Waals surface area (Å²) in [6, 6.07) is 9.04. The Morgan fingerprint density at radius 2 is 1.75 bits per heavy atom. The molecule has 4 nitrogen and oxygen atoms in total. The molecule has 1 unspecified atom stereocenters. The van der Waals surface area contributed by atoms with E-state index < -0.39 is 10.0 Å². The van der Waals surface area contributed by atoms with Crippen LogP contribution in [0.2, 0.25) is 0 Å². The van der Waals surface area contributed by atoms with E-state index in [4.69, 9.17) is 0 Å². The van der Waals surface area contributed by atoms with Crippen LogP contribution in [0, 0.1) is 5.92 Å². The highest BCUT2D eigenvalue weighted by molar-refractivity contribution is 7.89. The summed E-state index contributed by atoms with van der Waals surface area (Å²) in [5, 5.41) is 3.36. The summed E-state index contributed by atoms with van der Waals surface area (Å²) in [6.07, 6.45) is 4.17. The van der Waals surface area contributed by atoms with Crippen LogP contribution in [0.15, 0.2) is 35.2 Å². The van der Waals surface area contributed by atoms with Crippen LogP contribution in [0.4, 0.5) is 0 Å². The van der Waals surface area contributed by atoms with Gasteiger partial charge in [0.15, 0.2) is 0 Å². The molecule has 20 heavy (non-hydrogen) atoms. The number of sulfonamides is 1. The Balaban J connectivity index is 1.84. The van der Waals surface area contributed by atoms with Gasteiger partial charge in [-0.25, -0.2) is 8.42 Å². The fraction of sp³-hybridized carbons (Fsp3) is 0.600. The molecule has 5 heteroatoms.